The van der Waals surface area contributed by atoms with Gasteiger partial charge in [-0.3, -0.25) is 14.6 Å². The molecule has 1 amide bonds. The van der Waals surface area contributed by atoms with Crippen LogP contribution in [-0.2, 0) is 6.54 Å². The van der Waals surface area contributed by atoms with E-state index in [0.717, 1.165) is 78.1 Å². The number of aliphatic hydroxyl groups excluding tert-OH is 1. The van der Waals surface area contributed by atoms with Crippen LogP contribution in [0.25, 0.3) is 33.1 Å². The second kappa shape index (κ2) is 11.5. The summed E-state index contributed by atoms with van der Waals surface area (Å²) in [6.45, 7) is 5.67. The van der Waals surface area contributed by atoms with Crippen molar-refractivity contribution in [3.8, 4) is 17.0 Å². The average molecular weight is 536 g/mol. The number of carbonyl (C=O) groups excluding carboxylic acids is 1. The number of aromatic amines is 1. The Kier molecular flexibility index (Phi) is 7.46. The Morgan fingerprint density at radius 3 is 2.40 bits per heavy atom. The summed E-state index contributed by atoms with van der Waals surface area (Å²) in [5, 5.41) is 14.3. The molecule has 8 heteroatoms. The third-order valence-electron chi connectivity index (χ3n) is 7.60. The fourth-order valence-corrected chi connectivity index (χ4v) is 5.39. The predicted octanol–water partition coefficient (Wildman–Crippen LogP) is 4.75. The lowest BCUT2D eigenvalue weighted by atomic mass is 10.1. The highest BCUT2D eigenvalue weighted by Crippen LogP contribution is 2.34. The average Bonchev–Trinajstić information content (AvgIpc) is 3.37. The predicted molar refractivity (Wildman–Crippen MR) is 159 cm³/mol. The molecule has 0 radical (unpaired) electrons. The number of amides is 1. The van der Waals surface area contributed by atoms with E-state index < -0.39 is 0 Å². The Hall–Kier alpha value is -4.24. The van der Waals surface area contributed by atoms with E-state index in [1.54, 1.807) is 7.11 Å². The molecule has 0 spiro atoms. The van der Waals surface area contributed by atoms with Crippen molar-refractivity contribution in [2.75, 3.05) is 51.8 Å². The maximum Gasteiger partial charge on any atom is 0.256 e. The van der Waals surface area contributed by atoms with E-state index >= 15 is 0 Å². The van der Waals surface area contributed by atoms with Gasteiger partial charge in [-0.15, -0.1) is 0 Å². The van der Waals surface area contributed by atoms with E-state index in [1.165, 1.54) is 5.56 Å². The van der Waals surface area contributed by atoms with E-state index in [4.69, 9.17) is 14.8 Å². The van der Waals surface area contributed by atoms with Crippen LogP contribution in [0.1, 0.15) is 15.9 Å². The minimum atomic E-state index is -0.198. The van der Waals surface area contributed by atoms with Crippen molar-refractivity contribution in [2.45, 2.75) is 6.54 Å². The molecule has 40 heavy (non-hydrogen) atoms. The lowest BCUT2D eigenvalue weighted by Crippen LogP contribution is -2.46. The molecule has 6 rings (SSSR count). The maximum atomic E-state index is 13.3. The molecule has 3 N–H and O–H groups in total. The smallest absolute Gasteiger partial charge is 0.256 e. The first kappa shape index (κ1) is 26.0. The van der Waals surface area contributed by atoms with Gasteiger partial charge in [-0.1, -0.05) is 30.3 Å². The Balaban J connectivity index is 1.23. The highest BCUT2D eigenvalue weighted by Gasteiger charge is 2.18. The molecule has 1 aliphatic heterocycles. The van der Waals surface area contributed by atoms with E-state index in [9.17, 15) is 4.79 Å². The molecule has 0 atom stereocenters. The molecule has 1 aliphatic rings. The van der Waals surface area contributed by atoms with E-state index in [2.05, 4.69) is 26.2 Å². The molecule has 2 aromatic heterocycles. The molecule has 0 unspecified atom stereocenters. The van der Waals surface area contributed by atoms with Crippen LogP contribution in [0.5, 0.6) is 5.75 Å². The van der Waals surface area contributed by atoms with Crippen molar-refractivity contribution in [2.24, 2.45) is 0 Å². The molecule has 0 saturated carbocycles. The lowest BCUT2D eigenvalue weighted by molar-refractivity contribution is 0.102. The Morgan fingerprint density at radius 2 is 1.68 bits per heavy atom. The van der Waals surface area contributed by atoms with Crippen molar-refractivity contribution in [3.63, 3.8) is 0 Å². The summed E-state index contributed by atoms with van der Waals surface area (Å²) < 4.78 is 5.33. The number of piperazine rings is 1. The Bertz CT molecular complexity index is 1620. The molecule has 0 aliphatic carbocycles. The second-order valence-electron chi connectivity index (χ2n) is 10.2. The minimum absolute atomic E-state index is 0.198. The molecule has 1 fully saturated rings. The van der Waals surface area contributed by atoms with Gasteiger partial charge in [0.1, 0.15) is 11.6 Å². The summed E-state index contributed by atoms with van der Waals surface area (Å²) in [6.07, 6.45) is 0. The van der Waals surface area contributed by atoms with Gasteiger partial charge < -0.3 is 20.1 Å². The van der Waals surface area contributed by atoms with Crippen LogP contribution in [0.3, 0.4) is 0 Å². The number of hydrogen-bond acceptors (Lipinski definition) is 6. The number of para-hydroxylation sites is 1. The van der Waals surface area contributed by atoms with Crippen LogP contribution >= 0.6 is 0 Å². The number of β-amino-alcohol motifs (C(OH)–C–C–N with tert-alkyl or cyclic N) is 1. The monoisotopic (exact) mass is 535 g/mol. The zero-order chi connectivity index (χ0) is 27.5. The summed E-state index contributed by atoms with van der Waals surface area (Å²) >= 11 is 0. The molecule has 5 aromatic rings. The number of pyridine rings is 1. The van der Waals surface area contributed by atoms with Crippen molar-refractivity contribution >= 4 is 33.5 Å². The zero-order valence-electron chi connectivity index (χ0n) is 22.6. The lowest BCUT2D eigenvalue weighted by Gasteiger charge is -2.34. The molecule has 3 heterocycles. The van der Waals surface area contributed by atoms with E-state index in [0.29, 0.717) is 11.4 Å². The van der Waals surface area contributed by atoms with Crippen molar-refractivity contribution in [1.82, 2.24) is 19.8 Å². The van der Waals surface area contributed by atoms with Gasteiger partial charge in [0, 0.05) is 66.7 Å². The summed E-state index contributed by atoms with van der Waals surface area (Å²) in [4.78, 5) is 26.3. The highest BCUT2D eigenvalue weighted by atomic mass is 16.5. The number of aromatic nitrogens is 2. The second-order valence-corrected chi connectivity index (χ2v) is 10.2. The molecule has 8 nitrogen and oxygen atoms in total. The van der Waals surface area contributed by atoms with Gasteiger partial charge in [-0.25, -0.2) is 4.98 Å². The fraction of sp³-hybridized carbons (Fsp3) is 0.250. The number of H-pyrrole nitrogens is 1. The number of ether oxygens (including phenoxy) is 1. The van der Waals surface area contributed by atoms with Crippen molar-refractivity contribution < 1.29 is 14.6 Å². The number of benzene rings is 3. The number of aliphatic hydroxyl groups is 1. The van der Waals surface area contributed by atoms with E-state index in [1.807, 2.05) is 72.8 Å². The number of nitrogens with one attached hydrogen (secondary N) is 2. The summed E-state index contributed by atoms with van der Waals surface area (Å²) in [5.41, 5.74) is 5.39. The van der Waals surface area contributed by atoms with Crippen LogP contribution in [0.2, 0.25) is 0 Å². The van der Waals surface area contributed by atoms with Gasteiger partial charge in [-0.2, -0.15) is 0 Å². The SMILES string of the molecule is COc1ccc(-c2nc(NC(=O)c3ccc(CN4CCN(CCO)CC4)cc3)cc3c2[nH]c2ccccc23)cc1. The van der Waals surface area contributed by atoms with Gasteiger partial charge in [0.05, 0.1) is 24.9 Å². The molecule has 1 saturated heterocycles. The molecule has 204 valence electrons. The van der Waals surface area contributed by atoms with Crippen LogP contribution in [0, 0.1) is 0 Å². The highest BCUT2D eigenvalue weighted by molar-refractivity contribution is 6.13. The quantitative estimate of drug-likeness (QED) is 0.266. The molecule has 0 bridgehead atoms. The van der Waals surface area contributed by atoms with E-state index in [-0.39, 0.29) is 12.5 Å². The topological polar surface area (TPSA) is 93.7 Å². The minimum Gasteiger partial charge on any atom is -0.497 e. The third kappa shape index (κ3) is 5.42. The maximum absolute atomic E-state index is 13.3. The number of rotatable bonds is 8. The van der Waals surface area contributed by atoms with Gasteiger partial charge >= 0.3 is 0 Å². The number of methoxy groups -OCH3 is 1. The Labute approximate surface area is 233 Å². The van der Waals surface area contributed by atoms with Crippen LogP contribution in [-0.4, -0.2) is 77.2 Å². The summed E-state index contributed by atoms with van der Waals surface area (Å²) in [6, 6.07) is 25.6. The number of anilines is 1. The number of hydrogen-bond donors (Lipinski definition) is 3. The fourth-order valence-electron chi connectivity index (χ4n) is 5.39. The van der Waals surface area contributed by atoms with Crippen LogP contribution in [0.15, 0.2) is 78.9 Å². The molecular weight excluding hydrogens is 502 g/mol. The van der Waals surface area contributed by atoms with Gasteiger partial charge in [-0.05, 0) is 54.1 Å². The number of nitrogens with zero attached hydrogens (tertiary/aromatic N) is 3. The Morgan fingerprint density at radius 1 is 0.950 bits per heavy atom. The van der Waals surface area contributed by atoms with Crippen LogP contribution in [0.4, 0.5) is 5.82 Å². The van der Waals surface area contributed by atoms with Crippen molar-refractivity contribution in [1.29, 1.82) is 0 Å². The van der Waals surface area contributed by atoms with Crippen LogP contribution < -0.4 is 10.1 Å². The molecule has 3 aromatic carbocycles. The van der Waals surface area contributed by atoms with Gasteiger partial charge in [0.25, 0.3) is 5.91 Å². The number of fused-ring (bicyclic) bond motifs is 3. The van der Waals surface area contributed by atoms with Gasteiger partial charge in [0.15, 0.2) is 0 Å². The third-order valence-corrected chi connectivity index (χ3v) is 7.60. The largest absolute Gasteiger partial charge is 0.497 e. The standard InChI is InChI=1S/C32H33N5O3/c1-40-25-12-10-23(11-13-25)30-31-27(26-4-2-3-5-28(26)33-31)20-29(34-30)35-32(39)24-8-6-22(7-9-24)21-37-16-14-36(15-17-37)18-19-38/h2-13,20,33,38H,14-19,21H2,1H3,(H,34,35,39). The zero-order valence-corrected chi connectivity index (χ0v) is 22.6. The summed E-state index contributed by atoms with van der Waals surface area (Å²) in [7, 11) is 1.65. The van der Waals surface area contributed by atoms with Crippen molar-refractivity contribution in [3.05, 3.63) is 90.0 Å². The normalized spacial score (nSPS) is 14.6. The summed E-state index contributed by atoms with van der Waals surface area (Å²) in [5.74, 6) is 1.07. The van der Waals surface area contributed by atoms with Gasteiger partial charge in [0.2, 0.25) is 0 Å². The first-order chi connectivity index (χ1) is 19.6. The first-order valence-electron chi connectivity index (χ1n) is 13.6. The first-order valence-corrected chi connectivity index (χ1v) is 13.6. The molecular formula is C32H33N5O3. The number of carbonyl (C=O) groups is 1.